The first-order chi connectivity index (χ1) is 14.1. The molecule has 0 unspecified atom stereocenters. The van der Waals surface area contributed by atoms with E-state index in [0.717, 1.165) is 32.1 Å². The first-order valence-corrected chi connectivity index (χ1v) is 9.52. The Kier molecular flexibility index (Phi) is 5.07. The fourth-order valence-corrected chi connectivity index (χ4v) is 3.80. The van der Waals surface area contributed by atoms with Crippen molar-refractivity contribution >= 4 is 22.6 Å². The number of rotatable bonds is 3. The molecule has 0 bridgehead atoms. The average molecular weight is 392 g/mol. The Morgan fingerprint density at radius 2 is 1.48 bits per heavy atom. The normalized spacial score (nSPS) is 15.2. The van der Waals surface area contributed by atoms with Crippen molar-refractivity contribution in [2.75, 3.05) is 0 Å². The average Bonchev–Trinajstić information content (AvgIpc) is 3.02. The summed E-state index contributed by atoms with van der Waals surface area (Å²) in [5, 5.41) is 29.0. The molecule has 0 aliphatic heterocycles. The van der Waals surface area contributed by atoms with E-state index in [0.29, 0.717) is 10.8 Å². The van der Waals surface area contributed by atoms with Crippen molar-refractivity contribution in [1.29, 1.82) is 0 Å². The summed E-state index contributed by atoms with van der Waals surface area (Å²) in [5.41, 5.74) is 0.444. The summed E-state index contributed by atoms with van der Waals surface area (Å²) >= 11 is 0. The van der Waals surface area contributed by atoms with E-state index in [1.54, 1.807) is 10.6 Å². The summed E-state index contributed by atoms with van der Waals surface area (Å²) in [6, 6.07) is 7.51. The molecule has 1 aliphatic rings. The van der Waals surface area contributed by atoms with Crippen molar-refractivity contribution in [2.45, 2.75) is 38.1 Å². The highest BCUT2D eigenvalue weighted by Crippen LogP contribution is 2.43. The number of amides is 2. The first kappa shape index (κ1) is 18.8. The fourth-order valence-electron chi connectivity index (χ4n) is 3.80. The molecule has 2 N–H and O–H groups in total. The summed E-state index contributed by atoms with van der Waals surface area (Å²) in [6.07, 6.45) is 7.93. The van der Waals surface area contributed by atoms with E-state index < -0.39 is 11.8 Å². The highest BCUT2D eigenvalue weighted by Gasteiger charge is 2.25. The molecule has 2 amide bonds. The first-order valence-electron chi connectivity index (χ1n) is 9.52. The Morgan fingerprint density at radius 1 is 0.862 bits per heavy atom. The van der Waals surface area contributed by atoms with Crippen LogP contribution in [0, 0.1) is 0 Å². The summed E-state index contributed by atoms with van der Waals surface area (Å²) in [5.74, 6) is -1.42. The number of fused-ring (bicyclic) bond motifs is 1. The van der Waals surface area contributed by atoms with Crippen molar-refractivity contribution in [3.05, 3.63) is 53.9 Å². The van der Waals surface area contributed by atoms with E-state index in [9.17, 15) is 19.8 Å². The van der Waals surface area contributed by atoms with Crippen molar-refractivity contribution < 1.29 is 19.8 Å². The number of pyridine rings is 1. The van der Waals surface area contributed by atoms with Crippen molar-refractivity contribution in [2.24, 2.45) is 10.2 Å². The molecular formula is C21H20N4O4. The molecule has 0 radical (unpaired) electrons. The predicted octanol–water partition coefficient (Wildman–Crippen LogP) is 4.39. The smallest absolute Gasteiger partial charge is 0.295 e. The number of benzene rings is 1. The third kappa shape index (κ3) is 3.61. The highest BCUT2D eigenvalue weighted by atomic mass is 16.3. The lowest BCUT2D eigenvalue weighted by Crippen LogP contribution is -2.11. The molecule has 148 valence electrons. The van der Waals surface area contributed by atoms with Crippen LogP contribution in [0.25, 0.3) is 10.8 Å². The van der Waals surface area contributed by atoms with Crippen LogP contribution in [-0.2, 0) is 0 Å². The van der Waals surface area contributed by atoms with Gasteiger partial charge in [-0.25, -0.2) is 0 Å². The summed E-state index contributed by atoms with van der Waals surface area (Å²) < 4.78 is 1.55. The van der Waals surface area contributed by atoms with Gasteiger partial charge in [0.2, 0.25) is 11.8 Å². The van der Waals surface area contributed by atoms with Gasteiger partial charge in [-0.2, -0.15) is 0 Å². The SMILES string of the molecule is O=C(N=NC(=O)c1ccc2c(O)n(C3CCCCC3)c(O)c2c1)c1ccncc1. The molecule has 1 aliphatic carbocycles. The molecule has 1 aromatic carbocycles. The second-order valence-electron chi connectivity index (χ2n) is 7.12. The molecule has 2 heterocycles. The van der Waals surface area contributed by atoms with Gasteiger partial charge in [-0.05, 0) is 43.2 Å². The molecule has 4 rings (SSSR count). The van der Waals surface area contributed by atoms with Gasteiger partial charge in [0.1, 0.15) is 0 Å². The number of nitrogens with zero attached hydrogens (tertiary/aromatic N) is 4. The van der Waals surface area contributed by atoms with Gasteiger partial charge in [-0.15, -0.1) is 10.2 Å². The molecule has 1 saturated carbocycles. The molecule has 3 aromatic rings. The Balaban J connectivity index is 1.61. The van der Waals surface area contributed by atoms with E-state index in [4.69, 9.17) is 0 Å². The number of hydrogen-bond donors (Lipinski definition) is 2. The van der Waals surface area contributed by atoms with Crippen LogP contribution in [0.2, 0.25) is 0 Å². The summed E-state index contributed by atoms with van der Waals surface area (Å²) in [6.45, 7) is 0. The van der Waals surface area contributed by atoms with Gasteiger partial charge >= 0.3 is 0 Å². The van der Waals surface area contributed by atoms with Gasteiger partial charge < -0.3 is 10.2 Å². The third-order valence-electron chi connectivity index (χ3n) is 5.30. The summed E-state index contributed by atoms with van der Waals surface area (Å²) in [4.78, 5) is 28.1. The minimum Gasteiger partial charge on any atom is -0.494 e. The van der Waals surface area contributed by atoms with E-state index in [2.05, 4.69) is 15.2 Å². The zero-order valence-electron chi connectivity index (χ0n) is 15.7. The molecule has 8 heteroatoms. The molecular weight excluding hydrogens is 372 g/mol. The number of hydrogen-bond acceptors (Lipinski definition) is 5. The number of carbonyl (C=O) groups is 2. The standard InChI is InChI=1S/C21H20N4O4/c26-18(13-8-10-22-11-9-13)23-24-19(27)14-6-7-16-17(12-14)21(29)25(20(16)28)15-4-2-1-3-5-15/h6-12,15,28-29H,1-5H2. The molecule has 29 heavy (non-hydrogen) atoms. The van der Waals surface area contributed by atoms with Crippen LogP contribution in [0.1, 0.15) is 58.9 Å². The van der Waals surface area contributed by atoms with Crippen LogP contribution < -0.4 is 0 Å². The highest BCUT2D eigenvalue weighted by molar-refractivity contribution is 6.03. The predicted molar refractivity (Wildman–Crippen MR) is 105 cm³/mol. The van der Waals surface area contributed by atoms with Gasteiger partial charge in [0.25, 0.3) is 11.8 Å². The Hall–Kier alpha value is -3.55. The van der Waals surface area contributed by atoms with Crippen LogP contribution in [0.5, 0.6) is 11.8 Å². The molecule has 2 aromatic heterocycles. The van der Waals surface area contributed by atoms with Crippen LogP contribution >= 0.6 is 0 Å². The van der Waals surface area contributed by atoms with E-state index in [1.165, 1.54) is 36.7 Å². The van der Waals surface area contributed by atoms with Crippen LogP contribution in [0.4, 0.5) is 0 Å². The van der Waals surface area contributed by atoms with Crippen molar-refractivity contribution in [3.63, 3.8) is 0 Å². The zero-order valence-corrected chi connectivity index (χ0v) is 15.7. The minimum atomic E-state index is -0.710. The number of aromatic nitrogens is 2. The van der Waals surface area contributed by atoms with Gasteiger partial charge in [0.15, 0.2) is 0 Å². The van der Waals surface area contributed by atoms with Gasteiger partial charge in [-0.3, -0.25) is 19.1 Å². The van der Waals surface area contributed by atoms with Gasteiger partial charge in [0.05, 0.1) is 0 Å². The maximum absolute atomic E-state index is 12.4. The number of carbonyl (C=O) groups excluding carboxylic acids is 2. The lowest BCUT2D eigenvalue weighted by Gasteiger charge is -2.24. The lowest BCUT2D eigenvalue weighted by molar-refractivity contribution is 0.0947. The topological polar surface area (TPSA) is 117 Å². The second kappa shape index (κ2) is 7.83. The maximum atomic E-state index is 12.4. The Morgan fingerprint density at radius 3 is 2.17 bits per heavy atom. The number of azo groups is 1. The van der Waals surface area contributed by atoms with E-state index >= 15 is 0 Å². The molecule has 8 nitrogen and oxygen atoms in total. The maximum Gasteiger partial charge on any atom is 0.295 e. The molecule has 0 saturated heterocycles. The van der Waals surface area contributed by atoms with Crippen molar-refractivity contribution in [3.8, 4) is 11.8 Å². The van der Waals surface area contributed by atoms with Crippen LogP contribution in [0.15, 0.2) is 53.0 Å². The fraction of sp³-hybridized carbons (Fsp3) is 0.286. The van der Waals surface area contributed by atoms with E-state index in [-0.39, 0.29) is 28.9 Å². The Labute approximate surface area is 166 Å². The monoisotopic (exact) mass is 392 g/mol. The number of aromatic hydroxyl groups is 2. The van der Waals surface area contributed by atoms with E-state index in [1.807, 2.05) is 0 Å². The molecule has 0 spiro atoms. The summed E-state index contributed by atoms with van der Waals surface area (Å²) in [7, 11) is 0. The quantitative estimate of drug-likeness (QED) is 0.641. The van der Waals surface area contributed by atoms with Gasteiger partial charge in [-0.1, -0.05) is 19.3 Å². The third-order valence-corrected chi connectivity index (χ3v) is 5.30. The molecule has 0 atom stereocenters. The van der Waals surface area contributed by atoms with Crippen LogP contribution in [-0.4, -0.2) is 31.6 Å². The minimum absolute atomic E-state index is 0.00195. The Bertz CT molecular complexity index is 1100. The second-order valence-corrected chi connectivity index (χ2v) is 7.12. The zero-order chi connectivity index (χ0) is 20.4. The van der Waals surface area contributed by atoms with Gasteiger partial charge in [0, 0.05) is 40.3 Å². The van der Waals surface area contributed by atoms with Crippen LogP contribution in [0.3, 0.4) is 0 Å². The lowest BCUT2D eigenvalue weighted by atomic mass is 9.95. The van der Waals surface area contributed by atoms with Crippen molar-refractivity contribution in [1.82, 2.24) is 9.55 Å². The molecule has 1 fully saturated rings. The largest absolute Gasteiger partial charge is 0.494 e.